The Labute approximate surface area is 186 Å². The summed E-state index contributed by atoms with van der Waals surface area (Å²) in [6.45, 7) is 4.77. The number of nitrogens with zero attached hydrogens (tertiary/aromatic N) is 3. The summed E-state index contributed by atoms with van der Waals surface area (Å²) in [5, 5.41) is 12.4. The zero-order chi connectivity index (χ0) is 22.0. The van der Waals surface area contributed by atoms with Crippen molar-refractivity contribution in [3.8, 4) is 0 Å². The van der Waals surface area contributed by atoms with E-state index in [0.29, 0.717) is 18.8 Å². The number of thiophene rings is 1. The number of fused-ring (bicyclic) bond motifs is 1. The van der Waals surface area contributed by atoms with E-state index in [4.69, 9.17) is 0 Å². The van der Waals surface area contributed by atoms with Gasteiger partial charge in [0.15, 0.2) is 5.69 Å². The molecule has 1 aliphatic carbocycles. The molecule has 4 rings (SSSR count). The zero-order valence-electron chi connectivity index (χ0n) is 18.0. The molecule has 0 spiro atoms. The van der Waals surface area contributed by atoms with Crippen molar-refractivity contribution in [3.05, 3.63) is 39.8 Å². The Bertz CT molecular complexity index is 964. The number of carbonyl (C=O) groups excluding carboxylic acids is 3. The summed E-state index contributed by atoms with van der Waals surface area (Å²) in [7, 11) is 0. The monoisotopic (exact) mass is 443 g/mol. The number of amides is 3. The third-order valence-corrected chi connectivity index (χ3v) is 7.20. The fraction of sp³-hybridized carbons (Fsp3) is 0.545. The van der Waals surface area contributed by atoms with Crippen LogP contribution in [0.25, 0.3) is 0 Å². The second-order valence-electron chi connectivity index (χ2n) is 8.44. The lowest BCUT2D eigenvalue weighted by Gasteiger charge is -2.43. The van der Waals surface area contributed by atoms with Crippen LogP contribution in [0.1, 0.15) is 65.4 Å². The number of hydrogen-bond donors (Lipinski definition) is 2. The van der Waals surface area contributed by atoms with Crippen LogP contribution in [0.4, 0.5) is 0 Å². The van der Waals surface area contributed by atoms with Crippen molar-refractivity contribution in [1.82, 2.24) is 25.3 Å². The van der Waals surface area contributed by atoms with Gasteiger partial charge in [0.05, 0.1) is 6.54 Å². The van der Waals surface area contributed by atoms with Crippen LogP contribution in [-0.2, 0) is 17.8 Å². The number of nitrogens with one attached hydrogen (secondary N) is 2. The molecular formula is C22H29N5O3S. The number of carbonyl (C=O) groups is 3. The topological polar surface area (TPSA) is 96.3 Å². The van der Waals surface area contributed by atoms with Gasteiger partial charge in [-0.15, -0.1) is 11.3 Å². The molecule has 8 nitrogen and oxygen atoms in total. The van der Waals surface area contributed by atoms with Gasteiger partial charge in [0.1, 0.15) is 11.2 Å². The van der Waals surface area contributed by atoms with Crippen molar-refractivity contribution < 1.29 is 14.4 Å². The summed E-state index contributed by atoms with van der Waals surface area (Å²) < 4.78 is 1.51. The second-order valence-corrected chi connectivity index (χ2v) is 9.47. The summed E-state index contributed by atoms with van der Waals surface area (Å²) in [4.78, 5) is 41.7. The molecule has 2 N–H and O–H groups in total. The predicted octanol–water partition coefficient (Wildman–Crippen LogP) is 2.21. The number of aromatic nitrogens is 2. The van der Waals surface area contributed by atoms with Crippen molar-refractivity contribution in [2.45, 2.75) is 64.1 Å². The number of likely N-dealkylation sites (N-methyl/N-ethyl adjacent to an activating group) is 1. The number of hydrogen-bond acceptors (Lipinski definition) is 5. The Kier molecular flexibility index (Phi) is 6.13. The van der Waals surface area contributed by atoms with Crippen LogP contribution in [0.5, 0.6) is 0 Å². The Balaban J connectivity index is 1.48. The molecule has 0 aromatic carbocycles. The number of rotatable bonds is 7. The van der Waals surface area contributed by atoms with E-state index in [1.54, 1.807) is 23.2 Å². The fourth-order valence-electron chi connectivity index (χ4n) is 4.50. The van der Waals surface area contributed by atoms with E-state index in [9.17, 15) is 14.4 Å². The molecule has 1 unspecified atom stereocenters. The minimum absolute atomic E-state index is 0.155. The standard InChI is InChI=1S/C22H29N5O3S/c1-3-26-20(29)18-13-17(19(28)23-11-10-16-9-6-12-31-16)25-27(18)14-22(26,2)21(30)24-15-7-4-5-8-15/h6,9,12-13,15H,3-5,7-8,10-11,14H2,1-2H3,(H,23,28)(H,24,30). The van der Waals surface area contributed by atoms with E-state index < -0.39 is 5.54 Å². The molecular weight excluding hydrogens is 414 g/mol. The molecule has 1 aliphatic heterocycles. The van der Waals surface area contributed by atoms with E-state index >= 15 is 0 Å². The molecule has 0 radical (unpaired) electrons. The Hall–Kier alpha value is -2.68. The van der Waals surface area contributed by atoms with E-state index in [1.165, 1.54) is 15.6 Å². The average molecular weight is 444 g/mol. The van der Waals surface area contributed by atoms with Gasteiger partial charge in [-0.25, -0.2) is 0 Å². The van der Waals surface area contributed by atoms with Gasteiger partial charge in [-0.3, -0.25) is 19.1 Å². The van der Waals surface area contributed by atoms with Gasteiger partial charge in [-0.05, 0) is 44.6 Å². The predicted molar refractivity (Wildman–Crippen MR) is 118 cm³/mol. The van der Waals surface area contributed by atoms with E-state index in [0.717, 1.165) is 32.1 Å². The van der Waals surface area contributed by atoms with E-state index in [2.05, 4.69) is 15.7 Å². The Morgan fingerprint density at radius 3 is 2.77 bits per heavy atom. The fourth-order valence-corrected chi connectivity index (χ4v) is 5.21. The maximum absolute atomic E-state index is 13.2. The van der Waals surface area contributed by atoms with Crippen LogP contribution in [-0.4, -0.2) is 57.1 Å². The highest BCUT2D eigenvalue weighted by molar-refractivity contribution is 7.09. The second kappa shape index (κ2) is 8.82. The van der Waals surface area contributed by atoms with Gasteiger partial charge < -0.3 is 15.5 Å². The molecule has 9 heteroatoms. The first kappa shape index (κ1) is 21.5. The highest BCUT2D eigenvalue weighted by Crippen LogP contribution is 2.28. The maximum Gasteiger partial charge on any atom is 0.273 e. The van der Waals surface area contributed by atoms with E-state index in [1.807, 2.05) is 24.4 Å². The van der Waals surface area contributed by atoms with Gasteiger partial charge in [0, 0.05) is 30.1 Å². The van der Waals surface area contributed by atoms with Crippen molar-refractivity contribution in [2.24, 2.45) is 0 Å². The zero-order valence-corrected chi connectivity index (χ0v) is 18.8. The first-order valence-electron chi connectivity index (χ1n) is 10.9. The lowest BCUT2D eigenvalue weighted by atomic mass is 9.94. The summed E-state index contributed by atoms with van der Waals surface area (Å²) in [6.07, 6.45) is 4.94. The molecule has 1 atom stereocenters. The molecule has 1 saturated carbocycles. The third kappa shape index (κ3) is 4.23. The van der Waals surface area contributed by atoms with Gasteiger partial charge in [-0.2, -0.15) is 5.10 Å². The quantitative estimate of drug-likeness (QED) is 0.686. The molecule has 31 heavy (non-hydrogen) atoms. The van der Waals surface area contributed by atoms with Crippen molar-refractivity contribution >= 4 is 29.1 Å². The lowest BCUT2D eigenvalue weighted by molar-refractivity contribution is -0.133. The maximum atomic E-state index is 13.2. The van der Waals surface area contributed by atoms with Crippen LogP contribution >= 0.6 is 11.3 Å². The highest BCUT2D eigenvalue weighted by Gasteiger charge is 2.48. The lowest BCUT2D eigenvalue weighted by Crippen LogP contribution is -2.64. The Morgan fingerprint density at radius 2 is 2.10 bits per heavy atom. The molecule has 3 amide bonds. The molecule has 2 aromatic heterocycles. The largest absolute Gasteiger partial charge is 0.351 e. The van der Waals surface area contributed by atoms with Crippen LogP contribution in [0.3, 0.4) is 0 Å². The van der Waals surface area contributed by atoms with Crippen LogP contribution in [0.15, 0.2) is 23.6 Å². The van der Waals surface area contributed by atoms with Crippen LogP contribution in [0.2, 0.25) is 0 Å². The molecule has 3 heterocycles. The first-order chi connectivity index (χ1) is 14.9. The average Bonchev–Trinajstić information content (AvgIpc) is 3.50. The van der Waals surface area contributed by atoms with Gasteiger partial charge in [-0.1, -0.05) is 18.9 Å². The van der Waals surface area contributed by atoms with Gasteiger partial charge in [0.25, 0.3) is 11.8 Å². The molecule has 2 aromatic rings. The molecule has 2 aliphatic rings. The summed E-state index contributed by atoms with van der Waals surface area (Å²) in [6, 6.07) is 5.71. The highest BCUT2D eigenvalue weighted by atomic mass is 32.1. The van der Waals surface area contributed by atoms with Crippen LogP contribution < -0.4 is 10.6 Å². The molecule has 1 fully saturated rings. The Morgan fingerprint density at radius 1 is 1.32 bits per heavy atom. The molecule has 166 valence electrons. The van der Waals surface area contributed by atoms with Crippen molar-refractivity contribution in [2.75, 3.05) is 13.1 Å². The third-order valence-electron chi connectivity index (χ3n) is 6.26. The van der Waals surface area contributed by atoms with Crippen molar-refractivity contribution in [1.29, 1.82) is 0 Å². The summed E-state index contributed by atoms with van der Waals surface area (Å²) >= 11 is 1.65. The minimum Gasteiger partial charge on any atom is -0.351 e. The normalized spacial score (nSPS) is 21.2. The first-order valence-corrected chi connectivity index (χ1v) is 11.8. The van der Waals surface area contributed by atoms with Crippen molar-refractivity contribution in [3.63, 3.8) is 0 Å². The van der Waals surface area contributed by atoms with E-state index in [-0.39, 0.29) is 36.0 Å². The summed E-state index contributed by atoms with van der Waals surface area (Å²) in [5.41, 5.74) is -0.497. The van der Waals surface area contributed by atoms with Gasteiger partial charge >= 0.3 is 0 Å². The van der Waals surface area contributed by atoms with Crippen LogP contribution in [0, 0.1) is 0 Å². The smallest absolute Gasteiger partial charge is 0.273 e. The van der Waals surface area contributed by atoms with Gasteiger partial charge in [0.2, 0.25) is 5.91 Å². The SMILES string of the molecule is CCN1C(=O)c2cc(C(=O)NCCc3cccs3)nn2CC1(C)C(=O)NC1CCCC1. The molecule has 0 bridgehead atoms. The minimum atomic E-state index is -1.04. The molecule has 0 saturated heterocycles. The summed E-state index contributed by atoms with van der Waals surface area (Å²) in [5.74, 6) is -0.743.